The Morgan fingerprint density at radius 1 is 0.667 bits per heavy atom. The van der Waals surface area contributed by atoms with Gasteiger partial charge in [0.2, 0.25) is 11.8 Å². The third-order valence-corrected chi connectivity index (χ3v) is 6.63. The van der Waals surface area contributed by atoms with Gasteiger partial charge in [0.05, 0.1) is 22.8 Å². The van der Waals surface area contributed by atoms with E-state index >= 15 is 0 Å². The van der Waals surface area contributed by atoms with E-state index in [1.165, 1.54) is 5.56 Å². The van der Waals surface area contributed by atoms with Crippen LogP contribution in [-0.2, 0) is 0 Å². The number of aryl methyl sites for hydroxylation is 2. The first kappa shape index (κ1) is 20.0. The Hall–Kier alpha value is -3.64. The van der Waals surface area contributed by atoms with Crippen molar-refractivity contribution in [2.24, 2.45) is 0 Å². The van der Waals surface area contributed by atoms with E-state index in [0.717, 1.165) is 50.1 Å². The van der Waals surface area contributed by atoms with Crippen molar-refractivity contribution in [1.29, 1.82) is 0 Å². The van der Waals surface area contributed by atoms with Gasteiger partial charge >= 0.3 is 0 Å². The van der Waals surface area contributed by atoms with Gasteiger partial charge in [-0.1, -0.05) is 64.5 Å². The van der Waals surface area contributed by atoms with Crippen LogP contribution >= 0.6 is 15.9 Å². The number of halogens is 1. The van der Waals surface area contributed by atoms with Gasteiger partial charge in [0, 0.05) is 21.5 Å². The highest BCUT2D eigenvalue weighted by molar-refractivity contribution is 9.10. The average molecular weight is 497 g/mol. The van der Waals surface area contributed by atoms with Gasteiger partial charge < -0.3 is 4.74 Å². The number of fused-ring (bicyclic) bond motifs is 2. The lowest BCUT2D eigenvalue weighted by Crippen LogP contribution is -2.14. The summed E-state index contributed by atoms with van der Waals surface area (Å²) in [4.78, 5) is 0. The molecule has 0 saturated carbocycles. The molecule has 0 unspecified atom stereocenters. The quantitative estimate of drug-likeness (QED) is 0.273. The molecule has 3 heterocycles. The third kappa shape index (κ3) is 3.21. The third-order valence-electron chi connectivity index (χ3n) is 6.10. The lowest BCUT2D eigenvalue weighted by atomic mass is 9.84. The zero-order valence-corrected chi connectivity index (χ0v) is 19.8. The van der Waals surface area contributed by atoms with Crippen LogP contribution in [0.5, 0.6) is 11.8 Å². The smallest absolute Gasteiger partial charge is 0.229 e. The van der Waals surface area contributed by atoms with Gasteiger partial charge in [-0.3, -0.25) is 0 Å². The van der Waals surface area contributed by atoms with Gasteiger partial charge in [-0.2, -0.15) is 10.2 Å². The molecular weight excluding hydrogens is 476 g/mol. The molecule has 0 fully saturated rings. The molecule has 0 spiro atoms. The van der Waals surface area contributed by atoms with Crippen LogP contribution in [0.25, 0.3) is 11.4 Å². The number of hydrogen-bond donors (Lipinski definition) is 0. The molecule has 1 aliphatic heterocycles. The Balaban J connectivity index is 1.64. The fraction of sp³-hybridized carbons (Fsp3) is 0.111. The van der Waals surface area contributed by atoms with E-state index in [1.807, 2.05) is 70.0 Å². The van der Waals surface area contributed by atoms with E-state index in [9.17, 15) is 0 Å². The van der Waals surface area contributed by atoms with E-state index < -0.39 is 0 Å². The van der Waals surface area contributed by atoms with E-state index in [0.29, 0.717) is 0 Å². The van der Waals surface area contributed by atoms with Gasteiger partial charge in [-0.15, -0.1) is 0 Å². The predicted octanol–water partition coefficient (Wildman–Crippen LogP) is 6.72. The van der Waals surface area contributed by atoms with Crippen molar-refractivity contribution in [1.82, 2.24) is 19.6 Å². The molecule has 0 atom stereocenters. The summed E-state index contributed by atoms with van der Waals surface area (Å²) in [5, 5.41) is 9.81. The molecule has 0 bridgehead atoms. The Kier molecular flexibility index (Phi) is 4.69. The van der Waals surface area contributed by atoms with E-state index in [1.54, 1.807) is 0 Å². The van der Waals surface area contributed by atoms with Gasteiger partial charge in [0.25, 0.3) is 0 Å². The number of benzene rings is 3. The van der Waals surface area contributed by atoms with Crippen molar-refractivity contribution in [2.45, 2.75) is 19.8 Å². The summed E-state index contributed by atoms with van der Waals surface area (Å²) in [6.07, 6.45) is 0. The fourth-order valence-corrected chi connectivity index (χ4v) is 4.87. The number of aromatic nitrogens is 4. The molecule has 0 aliphatic carbocycles. The second kappa shape index (κ2) is 7.74. The highest BCUT2D eigenvalue weighted by atomic mass is 79.9. The van der Waals surface area contributed by atoms with Gasteiger partial charge in [0.1, 0.15) is 0 Å². The first-order valence-electron chi connectivity index (χ1n) is 10.8. The largest absolute Gasteiger partial charge is 0.420 e. The zero-order valence-electron chi connectivity index (χ0n) is 18.2. The van der Waals surface area contributed by atoms with E-state index in [4.69, 9.17) is 14.9 Å². The Labute approximate surface area is 200 Å². The zero-order chi connectivity index (χ0) is 22.5. The van der Waals surface area contributed by atoms with Crippen molar-refractivity contribution < 1.29 is 4.74 Å². The van der Waals surface area contributed by atoms with E-state index in [-0.39, 0.29) is 5.92 Å². The van der Waals surface area contributed by atoms with Crippen LogP contribution in [0, 0.1) is 13.8 Å². The maximum absolute atomic E-state index is 6.66. The SMILES string of the molecule is Cc1nn(-c2ccccc2)c2c1C(c1ccc(Br)cc1)c1c(C)nn(-c3ccccc3)c1O2. The summed E-state index contributed by atoms with van der Waals surface area (Å²) in [5.41, 5.74) is 7.13. The summed E-state index contributed by atoms with van der Waals surface area (Å²) in [6.45, 7) is 4.10. The first-order chi connectivity index (χ1) is 16.1. The molecule has 33 heavy (non-hydrogen) atoms. The molecule has 5 nitrogen and oxygen atoms in total. The number of rotatable bonds is 3. The normalized spacial score (nSPS) is 12.8. The van der Waals surface area contributed by atoms with Crippen molar-refractivity contribution >= 4 is 15.9 Å². The van der Waals surface area contributed by atoms with E-state index in [2.05, 4.69) is 54.0 Å². The molecule has 2 aromatic heterocycles. The molecule has 3 aromatic carbocycles. The van der Waals surface area contributed by atoms with Crippen LogP contribution < -0.4 is 4.74 Å². The van der Waals surface area contributed by atoms with Crippen molar-refractivity contribution in [3.8, 4) is 23.1 Å². The molecule has 6 heteroatoms. The minimum Gasteiger partial charge on any atom is -0.420 e. The molecule has 0 radical (unpaired) electrons. The molecule has 0 saturated heterocycles. The second-order valence-electron chi connectivity index (χ2n) is 8.19. The molecule has 6 rings (SSSR count). The Morgan fingerprint density at radius 3 is 1.58 bits per heavy atom. The summed E-state index contributed by atoms with van der Waals surface area (Å²) < 4.78 is 11.5. The highest BCUT2D eigenvalue weighted by Gasteiger charge is 2.39. The van der Waals surface area contributed by atoms with Crippen LogP contribution in [0.15, 0.2) is 89.4 Å². The summed E-state index contributed by atoms with van der Waals surface area (Å²) in [7, 11) is 0. The van der Waals surface area contributed by atoms with Crippen molar-refractivity contribution in [2.75, 3.05) is 0 Å². The summed E-state index contributed by atoms with van der Waals surface area (Å²) >= 11 is 3.57. The topological polar surface area (TPSA) is 44.9 Å². The first-order valence-corrected chi connectivity index (χ1v) is 11.6. The maximum atomic E-state index is 6.66. The summed E-state index contributed by atoms with van der Waals surface area (Å²) in [5.74, 6) is 1.43. The fourth-order valence-electron chi connectivity index (χ4n) is 4.61. The minimum absolute atomic E-state index is 0.0354. The summed E-state index contributed by atoms with van der Waals surface area (Å²) in [6, 6.07) is 28.7. The number of para-hydroxylation sites is 2. The minimum atomic E-state index is -0.0354. The van der Waals surface area contributed by atoms with Crippen LogP contribution in [0.2, 0.25) is 0 Å². The number of hydrogen-bond acceptors (Lipinski definition) is 3. The standard InChI is InChI=1S/C27H21BrN4O/c1-17-23-25(19-13-15-20(28)16-14-19)24-18(2)30-32(22-11-7-4-8-12-22)27(24)33-26(23)31(29-17)21-9-5-3-6-10-21/h3-16,25H,1-2H3. The van der Waals surface area contributed by atoms with Gasteiger partial charge in [-0.05, 0) is 55.8 Å². The number of nitrogens with zero attached hydrogens (tertiary/aromatic N) is 4. The molecule has 0 N–H and O–H groups in total. The van der Waals surface area contributed by atoms with Gasteiger partial charge in [0.15, 0.2) is 0 Å². The van der Waals surface area contributed by atoms with Crippen molar-refractivity contribution in [3.63, 3.8) is 0 Å². The predicted molar refractivity (Wildman–Crippen MR) is 132 cm³/mol. The van der Waals surface area contributed by atoms with Crippen LogP contribution in [0.1, 0.15) is 34.0 Å². The lowest BCUT2D eigenvalue weighted by molar-refractivity contribution is 0.392. The Morgan fingerprint density at radius 2 is 1.12 bits per heavy atom. The molecule has 0 amide bonds. The molecule has 162 valence electrons. The molecular formula is C27H21BrN4O. The van der Waals surface area contributed by atoms with Gasteiger partial charge in [-0.25, -0.2) is 9.36 Å². The monoisotopic (exact) mass is 496 g/mol. The number of ether oxygens (including phenoxy) is 1. The second-order valence-corrected chi connectivity index (χ2v) is 9.11. The highest BCUT2D eigenvalue weighted by Crippen LogP contribution is 2.51. The van der Waals surface area contributed by atoms with Crippen LogP contribution in [0.4, 0.5) is 0 Å². The average Bonchev–Trinajstić information content (AvgIpc) is 3.36. The lowest BCUT2D eigenvalue weighted by Gasteiger charge is -2.26. The molecule has 5 aromatic rings. The Bertz CT molecular complexity index is 1360. The van der Waals surface area contributed by atoms with Crippen LogP contribution in [0.3, 0.4) is 0 Å². The van der Waals surface area contributed by atoms with Crippen molar-refractivity contribution in [3.05, 3.63) is 117 Å². The maximum Gasteiger partial charge on any atom is 0.229 e. The van der Waals surface area contributed by atoms with Crippen LogP contribution in [-0.4, -0.2) is 19.6 Å². The molecule has 1 aliphatic rings.